The Bertz CT molecular complexity index is 1340. The molecule has 2 aliphatic rings. The van der Waals surface area contributed by atoms with Gasteiger partial charge in [0, 0.05) is 49.0 Å². The van der Waals surface area contributed by atoms with Gasteiger partial charge in [-0.05, 0) is 67.1 Å². The largest absolute Gasteiger partial charge is 0.417 e. The van der Waals surface area contributed by atoms with Gasteiger partial charge in [0.15, 0.2) is 0 Å². The summed E-state index contributed by atoms with van der Waals surface area (Å²) in [4.78, 5) is 34.3. The quantitative estimate of drug-likeness (QED) is 0.501. The molecule has 9 heteroatoms. The lowest BCUT2D eigenvalue weighted by molar-refractivity contribution is -0.143. The second kappa shape index (κ2) is 9.35. The number of aromatic amines is 1. The number of benzene rings is 1. The molecular formula is C27H29F3N4O2. The minimum atomic E-state index is -4.51. The van der Waals surface area contributed by atoms with E-state index in [-0.39, 0.29) is 24.6 Å². The minimum Gasteiger partial charge on any atom is -0.333 e. The summed E-state index contributed by atoms with van der Waals surface area (Å²) < 4.78 is 40.0. The third kappa shape index (κ3) is 5.16. The molecule has 1 amide bonds. The number of rotatable bonds is 7. The van der Waals surface area contributed by atoms with Crippen molar-refractivity contribution >= 4 is 16.8 Å². The monoisotopic (exact) mass is 498 g/mol. The predicted octanol–water partition coefficient (Wildman–Crippen LogP) is 4.56. The number of halogens is 3. The second-order valence-electron chi connectivity index (χ2n) is 10.3. The summed E-state index contributed by atoms with van der Waals surface area (Å²) >= 11 is 0. The molecule has 0 bridgehead atoms. The van der Waals surface area contributed by atoms with Crippen molar-refractivity contribution in [1.29, 1.82) is 0 Å². The van der Waals surface area contributed by atoms with E-state index in [9.17, 15) is 22.8 Å². The van der Waals surface area contributed by atoms with Crippen molar-refractivity contribution in [2.75, 3.05) is 13.1 Å². The van der Waals surface area contributed by atoms with E-state index in [1.54, 1.807) is 11.0 Å². The van der Waals surface area contributed by atoms with Crippen LogP contribution in [0, 0.1) is 18.3 Å². The van der Waals surface area contributed by atoms with Gasteiger partial charge in [0.2, 0.25) is 11.5 Å². The van der Waals surface area contributed by atoms with Gasteiger partial charge in [-0.15, -0.1) is 0 Å². The lowest BCUT2D eigenvalue weighted by Crippen LogP contribution is -2.45. The predicted molar refractivity (Wildman–Crippen MR) is 130 cm³/mol. The van der Waals surface area contributed by atoms with Crippen molar-refractivity contribution < 1.29 is 18.0 Å². The number of aromatic nitrogens is 2. The topological polar surface area (TPSA) is 78.1 Å². The number of H-pyrrole nitrogens is 1. The van der Waals surface area contributed by atoms with Crippen LogP contribution in [0.4, 0.5) is 13.2 Å². The van der Waals surface area contributed by atoms with E-state index in [0.29, 0.717) is 30.0 Å². The van der Waals surface area contributed by atoms with Crippen LogP contribution in [0.25, 0.3) is 10.9 Å². The van der Waals surface area contributed by atoms with Crippen LogP contribution in [0.3, 0.4) is 0 Å². The van der Waals surface area contributed by atoms with E-state index in [0.717, 1.165) is 54.6 Å². The number of amides is 1. The Morgan fingerprint density at radius 1 is 1.14 bits per heavy atom. The molecule has 1 aliphatic carbocycles. The summed E-state index contributed by atoms with van der Waals surface area (Å²) in [5.41, 5.74) is 1.14. The van der Waals surface area contributed by atoms with E-state index in [4.69, 9.17) is 0 Å². The maximum Gasteiger partial charge on any atom is 0.417 e. The van der Waals surface area contributed by atoms with Gasteiger partial charge in [0.05, 0.1) is 11.0 Å². The molecule has 1 aromatic carbocycles. The molecule has 2 N–H and O–H groups in total. The first kappa shape index (κ1) is 24.5. The Labute approximate surface area is 206 Å². The van der Waals surface area contributed by atoms with Crippen LogP contribution in [-0.2, 0) is 24.1 Å². The van der Waals surface area contributed by atoms with Crippen molar-refractivity contribution in [2.24, 2.45) is 11.3 Å². The van der Waals surface area contributed by atoms with Crippen LogP contribution >= 0.6 is 0 Å². The number of nitrogens with zero attached hydrogens (tertiary/aromatic N) is 2. The SMILES string of the molecule is Cc1cc(CN(Cc2cncc(C(F)(F)F)c2)C(=O)C2(CC3CC3)CCNC2)cc2[nH]c(=O)ccc12. The fourth-order valence-electron chi connectivity index (χ4n) is 5.39. The minimum absolute atomic E-state index is 0.0184. The van der Waals surface area contributed by atoms with Crippen molar-refractivity contribution in [2.45, 2.75) is 51.9 Å². The standard InChI is InChI=1S/C27H29F3N4O2/c1-17-8-19(10-23-22(17)4-5-24(35)33-23)14-34(15-20-9-21(13-32-12-20)27(28,29)30)25(36)26(6-7-31-16-26)11-18-2-3-18/h4-5,8-10,12-13,18,31H,2-3,6-7,11,14-16H2,1H3,(H,33,35). The summed E-state index contributed by atoms with van der Waals surface area (Å²) in [5.74, 6) is 0.482. The Balaban J connectivity index is 1.51. The number of carbonyl (C=O) groups excluding carboxylic acids is 1. The van der Waals surface area contributed by atoms with Crippen LogP contribution in [0.2, 0.25) is 0 Å². The highest BCUT2D eigenvalue weighted by Crippen LogP contribution is 2.44. The number of nitrogens with one attached hydrogen (secondary N) is 2. The number of hydrogen-bond donors (Lipinski definition) is 2. The summed E-state index contributed by atoms with van der Waals surface area (Å²) in [7, 11) is 0. The van der Waals surface area contributed by atoms with Gasteiger partial charge in [0.1, 0.15) is 0 Å². The fourth-order valence-corrected chi connectivity index (χ4v) is 5.39. The second-order valence-corrected chi connectivity index (χ2v) is 10.3. The first-order valence-electron chi connectivity index (χ1n) is 12.3. The molecule has 5 rings (SSSR count). The number of hydrogen-bond acceptors (Lipinski definition) is 4. The zero-order chi connectivity index (χ0) is 25.5. The maximum atomic E-state index is 14.1. The van der Waals surface area contributed by atoms with E-state index < -0.39 is 17.2 Å². The van der Waals surface area contributed by atoms with Crippen molar-refractivity contribution in [3.63, 3.8) is 0 Å². The Morgan fingerprint density at radius 2 is 1.92 bits per heavy atom. The van der Waals surface area contributed by atoms with Gasteiger partial charge < -0.3 is 15.2 Å². The molecule has 2 fully saturated rings. The summed E-state index contributed by atoms with van der Waals surface area (Å²) in [5, 5.41) is 4.24. The van der Waals surface area contributed by atoms with E-state index >= 15 is 0 Å². The third-order valence-electron chi connectivity index (χ3n) is 7.34. The van der Waals surface area contributed by atoms with Crippen LogP contribution < -0.4 is 10.9 Å². The maximum absolute atomic E-state index is 14.1. The first-order valence-corrected chi connectivity index (χ1v) is 12.3. The molecule has 0 spiro atoms. The molecular weight excluding hydrogens is 469 g/mol. The van der Waals surface area contributed by atoms with Gasteiger partial charge >= 0.3 is 6.18 Å². The van der Waals surface area contributed by atoms with Crippen LogP contribution in [-0.4, -0.2) is 33.9 Å². The molecule has 190 valence electrons. The van der Waals surface area contributed by atoms with Gasteiger partial charge in [-0.1, -0.05) is 18.9 Å². The summed E-state index contributed by atoms with van der Waals surface area (Å²) in [6.07, 6.45) is 1.41. The number of aryl methyl sites for hydroxylation is 1. The average Bonchev–Trinajstić information content (AvgIpc) is 3.51. The number of carbonyl (C=O) groups is 1. The molecule has 1 unspecified atom stereocenters. The van der Waals surface area contributed by atoms with Crippen LogP contribution in [0.15, 0.2) is 47.5 Å². The number of alkyl halides is 3. The smallest absolute Gasteiger partial charge is 0.333 e. The molecule has 6 nitrogen and oxygen atoms in total. The highest BCUT2D eigenvalue weighted by molar-refractivity contribution is 5.85. The molecule has 3 aromatic rings. The van der Waals surface area contributed by atoms with E-state index in [1.165, 1.54) is 12.3 Å². The van der Waals surface area contributed by atoms with E-state index in [1.807, 2.05) is 19.1 Å². The average molecular weight is 499 g/mol. The van der Waals surface area contributed by atoms with Crippen molar-refractivity contribution in [3.8, 4) is 0 Å². The zero-order valence-electron chi connectivity index (χ0n) is 20.1. The normalized spacial score (nSPS) is 20.1. The van der Waals surface area contributed by atoms with Crippen LogP contribution in [0.5, 0.6) is 0 Å². The number of pyridine rings is 2. The molecule has 2 aromatic heterocycles. The highest BCUT2D eigenvalue weighted by Gasteiger charge is 2.47. The first-order chi connectivity index (χ1) is 17.1. The highest BCUT2D eigenvalue weighted by atomic mass is 19.4. The molecule has 3 heterocycles. The lowest BCUT2D eigenvalue weighted by atomic mass is 9.80. The van der Waals surface area contributed by atoms with Crippen LogP contribution in [0.1, 0.15) is 47.9 Å². The number of fused-ring (bicyclic) bond motifs is 1. The summed E-state index contributed by atoms with van der Waals surface area (Å²) in [6.45, 7) is 3.49. The molecule has 0 radical (unpaired) electrons. The lowest BCUT2D eigenvalue weighted by Gasteiger charge is -2.34. The van der Waals surface area contributed by atoms with Gasteiger partial charge in [-0.25, -0.2) is 0 Å². The Morgan fingerprint density at radius 3 is 2.61 bits per heavy atom. The third-order valence-corrected chi connectivity index (χ3v) is 7.34. The van der Waals surface area contributed by atoms with Gasteiger partial charge in [-0.2, -0.15) is 13.2 Å². The van der Waals surface area contributed by atoms with Crippen molar-refractivity contribution in [3.05, 3.63) is 75.3 Å². The van der Waals surface area contributed by atoms with Gasteiger partial charge in [0.25, 0.3) is 0 Å². The van der Waals surface area contributed by atoms with E-state index in [2.05, 4.69) is 15.3 Å². The van der Waals surface area contributed by atoms with Gasteiger partial charge in [-0.3, -0.25) is 14.6 Å². The molecule has 1 atom stereocenters. The molecule has 1 aliphatic heterocycles. The molecule has 1 saturated heterocycles. The Kier molecular flexibility index (Phi) is 6.36. The molecule has 1 saturated carbocycles. The zero-order valence-corrected chi connectivity index (χ0v) is 20.1. The fraction of sp³-hybridized carbons (Fsp3) is 0.444. The Hall–Kier alpha value is -3.20. The summed E-state index contributed by atoms with van der Waals surface area (Å²) in [6, 6.07) is 8.11. The molecule has 36 heavy (non-hydrogen) atoms. The van der Waals surface area contributed by atoms with Crippen molar-refractivity contribution in [1.82, 2.24) is 20.2 Å².